The summed E-state index contributed by atoms with van der Waals surface area (Å²) < 4.78 is 13.2. The molecule has 0 amide bonds. The van der Waals surface area contributed by atoms with E-state index >= 15 is 0 Å². The van der Waals surface area contributed by atoms with Crippen LogP contribution in [0, 0.1) is 17.8 Å². The van der Waals surface area contributed by atoms with Crippen molar-refractivity contribution in [2.24, 2.45) is 17.8 Å². The number of ketones is 2. The van der Waals surface area contributed by atoms with Gasteiger partial charge >= 0.3 is 0 Å². The molecule has 1 spiro atoms. The summed E-state index contributed by atoms with van der Waals surface area (Å²) in [4.78, 5) is 32.7. The summed E-state index contributed by atoms with van der Waals surface area (Å²) in [5.41, 5.74) is -0.620. The number of likely N-dealkylation sites (N-methyl/N-ethyl adjacent to an activating group) is 1. The van der Waals surface area contributed by atoms with Gasteiger partial charge < -0.3 is 24.4 Å². The predicted octanol–water partition coefficient (Wildman–Crippen LogP) is 2.45. The number of piperazine rings is 1. The highest BCUT2D eigenvalue weighted by Gasteiger charge is 2.79. The molecule has 3 aliphatic carbocycles. The third kappa shape index (κ3) is 2.75. The highest BCUT2D eigenvalue weighted by atomic mass is 16.6. The predicted molar refractivity (Wildman–Crippen MR) is 126 cm³/mol. The molecule has 7 nitrogen and oxygen atoms in total. The van der Waals surface area contributed by atoms with Crippen molar-refractivity contribution in [2.75, 3.05) is 46.4 Å². The molecule has 34 heavy (non-hydrogen) atoms. The molecule has 0 radical (unpaired) electrons. The Bertz CT molecular complexity index is 1130. The van der Waals surface area contributed by atoms with Crippen LogP contribution in [0.4, 0.5) is 0 Å². The van der Waals surface area contributed by atoms with Gasteiger partial charge in [-0.3, -0.25) is 9.59 Å². The van der Waals surface area contributed by atoms with Gasteiger partial charge in [-0.05, 0) is 38.9 Å². The van der Waals surface area contributed by atoms with Crippen LogP contribution in [0.25, 0.3) is 0 Å². The summed E-state index contributed by atoms with van der Waals surface area (Å²) in [6.45, 7) is 9.10. The third-order valence-corrected chi connectivity index (χ3v) is 8.67. The Morgan fingerprint density at radius 3 is 2.71 bits per heavy atom. The van der Waals surface area contributed by atoms with Crippen molar-refractivity contribution in [3.05, 3.63) is 47.1 Å². The second-order valence-corrected chi connectivity index (χ2v) is 10.8. The second kappa shape index (κ2) is 7.51. The number of carbonyl (C=O) groups excluding carboxylic acids is 2. The molecular weight excluding hydrogens is 432 g/mol. The van der Waals surface area contributed by atoms with Gasteiger partial charge in [-0.15, -0.1) is 0 Å². The monoisotopic (exact) mass is 464 g/mol. The number of aromatic hydroxyl groups is 1. The van der Waals surface area contributed by atoms with Crippen molar-refractivity contribution in [3.63, 3.8) is 0 Å². The van der Waals surface area contributed by atoms with Gasteiger partial charge in [-0.2, -0.15) is 0 Å². The van der Waals surface area contributed by atoms with Gasteiger partial charge in [-0.25, -0.2) is 0 Å². The first-order valence-electron chi connectivity index (χ1n) is 12.3. The zero-order valence-electron chi connectivity index (χ0n) is 20.0. The van der Waals surface area contributed by atoms with E-state index in [1.807, 2.05) is 26.0 Å². The molecule has 1 saturated carbocycles. The number of phenolic OH excluding ortho intramolecular Hbond substituents is 1. The molecule has 7 rings (SSSR count). The van der Waals surface area contributed by atoms with Gasteiger partial charge in [0.2, 0.25) is 0 Å². The molecule has 6 aliphatic rings. The number of allylic oxidation sites excluding steroid dienone is 2. The summed E-state index contributed by atoms with van der Waals surface area (Å²) in [5.74, 6) is -0.453. The van der Waals surface area contributed by atoms with E-state index in [0.717, 1.165) is 38.3 Å². The highest BCUT2D eigenvalue weighted by molar-refractivity contribution is 6.18. The van der Waals surface area contributed by atoms with Crippen LogP contribution in [0.3, 0.4) is 0 Å². The molecule has 3 aliphatic heterocycles. The van der Waals surface area contributed by atoms with Crippen molar-refractivity contribution in [1.82, 2.24) is 9.80 Å². The Hall–Kier alpha value is -2.48. The molecule has 1 aromatic rings. The van der Waals surface area contributed by atoms with Crippen LogP contribution in [-0.2, 0) is 9.53 Å². The fourth-order valence-corrected chi connectivity index (χ4v) is 6.90. The van der Waals surface area contributed by atoms with Gasteiger partial charge in [0.25, 0.3) is 0 Å². The molecule has 5 atom stereocenters. The van der Waals surface area contributed by atoms with Gasteiger partial charge in [0.1, 0.15) is 17.1 Å². The van der Waals surface area contributed by atoms with Crippen LogP contribution in [0.1, 0.15) is 30.6 Å². The second-order valence-electron chi connectivity index (χ2n) is 10.8. The standard InChI is InChI=1S/C27H32N2O5/c1-16(2)7-8-26-25(32)17-13-19-24(31)23-21(30)5-4-6-22(23)34-27(19,26)20(15-33-26)18(17)14-29-11-9-28(3)10-12-29/h4-7,13,17-18,20,30H,8-12,14-15H2,1-3H3/t17?,18-,20?,26?,27?/m0/s1. The lowest BCUT2D eigenvalue weighted by Crippen LogP contribution is -2.74. The van der Waals surface area contributed by atoms with Crippen molar-refractivity contribution in [1.29, 1.82) is 0 Å². The molecule has 3 heterocycles. The number of hydrogen-bond acceptors (Lipinski definition) is 7. The van der Waals surface area contributed by atoms with Gasteiger partial charge in [-0.1, -0.05) is 23.8 Å². The number of Topliss-reactive ketones (excluding diaryl/α,β-unsaturated/α-hetero) is 2. The average molecular weight is 465 g/mol. The largest absolute Gasteiger partial charge is 0.507 e. The minimum Gasteiger partial charge on any atom is -0.507 e. The number of benzene rings is 1. The van der Waals surface area contributed by atoms with E-state index in [0.29, 0.717) is 24.4 Å². The summed E-state index contributed by atoms with van der Waals surface area (Å²) in [7, 11) is 2.13. The molecule has 1 N–H and O–H groups in total. The Morgan fingerprint density at radius 2 is 1.97 bits per heavy atom. The summed E-state index contributed by atoms with van der Waals surface area (Å²) in [6, 6.07) is 4.90. The maximum atomic E-state index is 14.2. The van der Waals surface area contributed by atoms with E-state index in [-0.39, 0.29) is 34.7 Å². The first kappa shape index (κ1) is 22.0. The molecular formula is C27H32N2O5. The number of ether oxygens (including phenoxy) is 2. The molecule has 1 aromatic carbocycles. The number of fused-ring (bicyclic) bond motifs is 1. The van der Waals surface area contributed by atoms with E-state index in [2.05, 4.69) is 16.8 Å². The van der Waals surface area contributed by atoms with E-state index in [9.17, 15) is 14.7 Å². The lowest BCUT2D eigenvalue weighted by molar-refractivity contribution is -0.171. The maximum Gasteiger partial charge on any atom is 0.200 e. The number of hydrogen-bond donors (Lipinski definition) is 1. The van der Waals surface area contributed by atoms with Crippen LogP contribution >= 0.6 is 0 Å². The van der Waals surface area contributed by atoms with E-state index in [1.54, 1.807) is 12.1 Å². The van der Waals surface area contributed by atoms with Gasteiger partial charge in [0.15, 0.2) is 22.8 Å². The average Bonchev–Trinajstić information content (AvgIpc) is 3.09. The number of phenols is 1. The minimum atomic E-state index is -1.22. The Balaban J connectivity index is 1.48. The normalized spacial score (nSPS) is 36.6. The molecule has 2 saturated heterocycles. The molecule has 0 aromatic heterocycles. The van der Waals surface area contributed by atoms with Crippen molar-refractivity contribution >= 4 is 11.6 Å². The number of carbonyl (C=O) groups is 2. The van der Waals surface area contributed by atoms with E-state index < -0.39 is 17.1 Å². The maximum absolute atomic E-state index is 14.2. The van der Waals surface area contributed by atoms with Crippen molar-refractivity contribution in [3.8, 4) is 11.5 Å². The molecule has 3 fully saturated rings. The van der Waals surface area contributed by atoms with Crippen LogP contribution in [0.2, 0.25) is 0 Å². The first-order chi connectivity index (χ1) is 16.3. The number of nitrogens with zero attached hydrogens (tertiary/aromatic N) is 2. The van der Waals surface area contributed by atoms with Crippen LogP contribution in [0.15, 0.2) is 41.5 Å². The summed E-state index contributed by atoms with van der Waals surface area (Å²) in [5, 5.41) is 10.5. The summed E-state index contributed by atoms with van der Waals surface area (Å²) in [6.07, 6.45) is 4.25. The number of rotatable bonds is 4. The fraction of sp³-hybridized carbons (Fsp3) is 0.556. The van der Waals surface area contributed by atoms with Gasteiger partial charge in [0.05, 0.1) is 6.61 Å². The van der Waals surface area contributed by atoms with Crippen molar-refractivity contribution in [2.45, 2.75) is 31.5 Å². The van der Waals surface area contributed by atoms with Crippen LogP contribution < -0.4 is 4.74 Å². The van der Waals surface area contributed by atoms with Crippen LogP contribution in [0.5, 0.6) is 11.5 Å². The molecule has 4 bridgehead atoms. The molecule has 180 valence electrons. The SMILES string of the molecule is CC(C)=CCC12OCC3[C@@H](CN4CCN(C)CC4)C(C=C4C(=O)c5c(O)cccc5OC431)C2=O. The fourth-order valence-electron chi connectivity index (χ4n) is 6.90. The van der Waals surface area contributed by atoms with Crippen LogP contribution in [-0.4, -0.2) is 84.1 Å². The third-order valence-electron chi connectivity index (χ3n) is 8.67. The summed E-state index contributed by atoms with van der Waals surface area (Å²) >= 11 is 0. The lowest BCUT2D eigenvalue weighted by atomic mass is 9.49. The smallest absolute Gasteiger partial charge is 0.200 e. The zero-order chi connectivity index (χ0) is 23.8. The first-order valence-corrected chi connectivity index (χ1v) is 12.3. The molecule has 4 unspecified atom stereocenters. The minimum absolute atomic E-state index is 0.0219. The van der Waals surface area contributed by atoms with E-state index in [1.165, 1.54) is 6.07 Å². The molecule has 7 heteroatoms. The Kier molecular flexibility index (Phi) is 4.86. The Morgan fingerprint density at radius 1 is 1.21 bits per heavy atom. The topological polar surface area (TPSA) is 79.3 Å². The van der Waals surface area contributed by atoms with Gasteiger partial charge in [0, 0.05) is 56.6 Å². The van der Waals surface area contributed by atoms with E-state index in [4.69, 9.17) is 9.47 Å². The Labute approximate surface area is 200 Å². The van der Waals surface area contributed by atoms with Crippen molar-refractivity contribution < 1.29 is 24.2 Å². The lowest BCUT2D eigenvalue weighted by Gasteiger charge is -2.58. The highest BCUT2D eigenvalue weighted by Crippen LogP contribution is 2.65. The quantitative estimate of drug-likeness (QED) is 0.686. The zero-order valence-corrected chi connectivity index (χ0v) is 20.0.